The van der Waals surface area contributed by atoms with Crippen LogP contribution in [0.1, 0.15) is 50.1 Å². The van der Waals surface area contributed by atoms with Crippen LogP contribution in [-0.2, 0) is 39.3 Å². The molecule has 3 aromatic carbocycles. The van der Waals surface area contributed by atoms with Gasteiger partial charge in [-0.3, -0.25) is 14.7 Å². The molecule has 4 rings (SSSR count). The molecular formula is C36H45N3O3. The van der Waals surface area contributed by atoms with Gasteiger partial charge in [-0.1, -0.05) is 71.3 Å². The second kappa shape index (κ2) is 13.9. The number of phenolic OH excluding ortho intramolecular Hbond substituents is 3. The number of rotatable bonds is 6. The van der Waals surface area contributed by atoms with Crippen molar-refractivity contribution in [3.63, 3.8) is 0 Å². The highest BCUT2D eigenvalue weighted by Gasteiger charge is 2.21. The van der Waals surface area contributed by atoms with Gasteiger partial charge in [0.25, 0.3) is 0 Å². The Bertz CT molecular complexity index is 1210. The molecule has 0 saturated heterocycles. The van der Waals surface area contributed by atoms with Crippen LogP contribution in [0.25, 0.3) is 0 Å². The molecule has 1 aliphatic rings. The maximum atomic E-state index is 11.5. The van der Waals surface area contributed by atoms with Gasteiger partial charge in [-0.25, -0.2) is 0 Å². The van der Waals surface area contributed by atoms with Crippen LogP contribution >= 0.6 is 0 Å². The minimum absolute atomic E-state index is 0.271. The van der Waals surface area contributed by atoms with E-state index < -0.39 is 0 Å². The van der Waals surface area contributed by atoms with E-state index in [1.807, 2.05) is 75.4 Å². The van der Waals surface area contributed by atoms with Gasteiger partial charge >= 0.3 is 0 Å². The van der Waals surface area contributed by atoms with Crippen LogP contribution in [0.2, 0.25) is 0 Å². The third-order valence-corrected chi connectivity index (χ3v) is 7.76. The molecular weight excluding hydrogens is 522 g/mol. The van der Waals surface area contributed by atoms with Crippen molar-refractivity contribution in [2.24, 2.45) is 0 Å². The minimum Gasteiger partial charge on any atom is -0.507 e. The topological polar surface area (TPSA) is 70.4 Å². The summed E-state index contributed by atoms with van der Waals surface area (Å²) in [6.07, 6.45) is 5.56. The lowest BCUT2D eigenvalue weighted by Gasteiger charge is -2.28. The molecule has 0 fully saturated rings. The number of nitrogens with zero attached hydrogens (tertiary/aromatic N) is 3. The summed E-state index contributed by atoms with van der Waals surface area (Å²) in [6.45, 7) is 22.8. The molecule has 0 radical (unpaired) electrons. The normalized spacial score (nSPS) is 15.5. The van der Waals surface area contributed by atoms with Crippen LogP contribution in [-0.4, -0.2) is 49.7 Å². The van der Waals surface area contributed by atoms with E-state index in [1.54, 1.807) is 0 Å². The smallest absolute Gasteiger partial charge is 0.124 e. The van der Waals surface area contributed by atoms with E-state index >= 15 is 0 Å². The van der Waals surface area contributed by atoms with Crippen LogP contribution in [0.15, 0.2) is 74.4 Å². The molecule has 1 heterocycles. The Morgan fingerprint density at radius 1 is 0.476 bits per heavy atom. The molecule has 0 atom stereocenters. The van der Waals surface area contributed by atoms with E-state index in [2.05, 4.69) is 34.4 Å². The van der Waals surface area contributed by atoms with Crippen LogP contribution in [0.5, 0.6) is 17.2 Å². The molecule has 0 aromatic heterocycles. The Balaban J connectivity index is 1.88. The van der Waals surface area contributed by atoms with Gasteiger partial charge in [0.1, 0.15) is 17.2 Å². The van der Waals surface area contributed by atoms with E-state index in [9.17, 15) is 15.3 Å². The molecule has 3 N–H and O–H groups in total. The van der Waals surface area contributed by atoms with Crippen LogP contribution in [0.3, 0.4) is 0 Å². The summed E-state index contributed by atoms with van der Waals surface area (Å²) in [7, 11) is 0. The fraction of sp³-hybridized carbons (Fsp3) is 0.333. The van der Waals surface area contributed by atoms with Crippen molar-refractivity contribution in [2.45, 2.75) is 60.0 Å². The molecule has 0 amide bonds. The lowest BCUT2D eigenvalue weighted by atomic mass is 10.00. The van der Waals surface area contributed by atoms with Gasteiger partial charge in [-0.15, -0.1) is 19.7 Å². The number of phenols is 3. The summed E-state index contributed by atoms with van der Waals surface area (Å²) >= 11 is 0. The Hall–Kier alpha value is -3.84. The quantitative estimate of drug-likeness (QED) is 0.291. The number of hydrogen-bond donors (Lipinski definition) is 3. The zero-order valence-electron chi connectivity index (χ0n) is 25.4. The van der Waals surface area contributed by atoms with Gasteiger partial charge in [-0.05, 0) is 20.8 Å². The van der Waals surface area contributed by atoms with Gasteiger partial charge in [0.2, 0.25) is 0 Å². The van der Waals surface area contributed by atoms with E-state index in [1.165, 1.54) is 0 Å². The summed E-state index contributed by atoms with van der Waals surface area (Å²) in [5.74, 6) is 0.814. The number of hydrogen-bond acceptors (Lipinski definition) is 6. The maximum absolute atomic E-state index is 11.5. The van der Waals surface area contributed by atoms with Crippen LogP contribution in [0.4, 0.5) is 0 Å². The average molecular weight is 568 g/mol. The van der Waals surface area contributed by atoms with Gasteiger partial charge < -0.3 is 15.3 Å². The van der Waals surface area contributed by atoms with Crippen LogP contribution < -0.4 is 0 Å². The first-order valence-corrected chi connectivity index (χ1v) is 14.6. The van der Waals surface area contributed by atoms with E-state index in [0.717, 1.165) is 50.1 Å². The van der Waals surface area contributed by atoms with E-state index in [0.29, 0.717) is 58.9 Å². The zero-order valence-corrected chi connectivity index (χ0v) is 25.4. The molecule has 1 aliphatic heterocycles. The fourth-order valence-corrected chi connectivity index (χ4v) is 6.07. The second-order valence-electron chi connectivity index (χ2n) is 11.7. The predicted octanol–water partition coefficient (Wildman–Crippen LogP) is 6.61. The summed E-state index contributed by atoms with van der Waals surface area (Å²) in [4.78, 5) is 6.55. The monoisotopic (exact) mass is 567 g/mol. The Labute approximate surface area is 251 Å². The first kappa shape index (κ1) is 31.1. The van der Waals surface area contributed by atoms with Crippen molar-refractivity contribution in [1.82, 2.24) is 14.7 Å². The van der Waals surface area contributed by atoms with Crippen molar-refractivity contribution in [1.29, 1.82) is 0 Å². The highest BCUT2D eigenvalue weighted by atomic mass is 16.3. The highest BCUT2D eigenvalue weighted by molar-refractivity contribution is 5.47. The van der Waals surface area contributed by atoms with Crippen molar-refractivity contribution >= 4 is 0 Å². The van der Waals surface area contributed by atoms with Gasteiger partial charge in [0.05, 0.1) is 0 Å². The highest BCUT2D eigenvalue weighted by Crippen LogP contribution is 2.33. The second-order valence-corrected chi connectivity index (χ2v) is 11.7. The standard InChI is InChI=1S/C36H45N3O3/c1-7-10-37-19-28-13-25(4)15-30(34(28)40)21-38(11-8-2)23-32-17-27(6)18-33(36(32)42)24-39(12-9-3)22-31-16-26(5)14-29(20-37)35(31)41/h7-9,13-18,40-42H,1-3,10-12,19-24H2,4-6H3. The SMILES string of the molecule is C=CCN1Cc2cc(C)cc(c2O)CN(CC=C)Cc2cc(C)cc(c2O)CN(CC=C)Cc2cc(C)cc(c2O)C1. The lowest BCUT2D eigenvalue weighted by molar-refractivity contribution is 0.260. The Kier molecular flexibility index (Phi) is 10.3. The molecule has 0 aliphatic carbocycles. The summed E-state index contributed by atoms with van der Waals surface area (Å²) < 4.78 is 0. The first-order valence-electron chi connectivity index (χ1n) is 14.6. The number of fused-ring (bicyclic) bond motifs is 6. The molecule has 3 aromatic rings. The lowest BCUT2D eigenvalue weighted by Crippen LogP contribution is -2.26. The van der Waals surface area contributed by atoms with Crippen molar-refractivity contribution in [2.75, 3.05) is 19.6 Å². The van der Waals surface area contributed by atoms with E-state index in [4.69, 9.17) is 0 Å². The molecule has 6 heteroatoms. The third-order valence-electron chi connectivity index (χ3n) is 7.76. The van der Waals surface area contributed by atoms with Gasteiger partial charge in [0, 0.05) is 92.3 Å². The van der Waals surface area contributed by atoms with Gasteiger partial charge in [-0.2, -0.15) is 0 Å². The molecule has 0 unspecified atom stereocenters. The fourth-order valence-electron chi connectivity index (χ4n) is 6.07. The molecule has 6 bridgehead atoms. The largest absolute Gasteiger partial charge is 0.507 e. The van der Waals surface area contributed by atoms with E-state index in [-0.39, 0.29) is 17.2 Å². The predicted molar refractivity (Wildman–Crippen MR) is 171 cm³/mol. The average Bonchev–Trinajstić information content (AvgIpc) is 2.91. The molecule has 222 valence electrons. The van der Waals surface area contributed by atoms with Crippen molar-refractivity contribution in [3.05, 3.63) is 124 Å². The van der Waals surface area contributed by atoms with Crippen molar-refractivity contribution in [3.8, 4) is 17.2 Å². The number of aryl methyl sites for hydroxylation is 3. The molecule has 6 nitrogen and oxygen atoms in total. The van der Waals surface area contributed by atoms with Crippen LogP contribution in [0, 0.1) is 20.8 Å². The molecule has 42 heavy (non-hydrogen) atoms. The number of aromatic hydroxyl groups is 3. The summed E-state index contributed by atoms with van der Waals surface area (Å²) in [5.41, 5.74) is 8.17. The minimum atomic E-state index is 0.271. The Morgan fingerprint density at radius 2 is 0.667 bits per heavy atom. The zero-order chi connectivity index (χ0) is 30.4. The summed E-state index contributed by atoms with van der Waals surface area (Å²) in [5, 5.41) is 34.4. The molecule has 0 spiro atoms. The first-order chi connectivity index (χ1) is 20.1. The third kappa shape index (κ3) is 7.51. The Morgan fingerprint density at radius 3 is 0.833 bits per heavy atom. The summed E-state index contributed by atoms with van der Waals surface area (Å²) in [6, 6.07) is 12.2. The van der Waals surface area contributed by atoms with Gasteiger partial charge in [0.15, 0.2) is 0 Å². The maximum Gasteiger partial charge on any atom is 0.124 e. The van der Waals surface area contributed by atoms with Crippen molar-refractivity contribution < 1.29 is 15.3 Å². The number of benzene rings is 3. The molecule has 0 saturated carbocycles.